The first kappa shape index (κ1) is 22.9. The third-order valence-corrected chi connectivity index (χ3v) is 6.67. The number of rotatable bonds is 7. The lowest BCUT2D eigenvalue weighted by Crippen LogP contribution is -2.46. The quantitative estimate of drug-likeness (QED) is 0.417. The van der Waals surface area contributed by atoms with Gasteiger partial charge in [0.15, 0.2) is 0 Å². The molecule has 0 bridgehead atoms. The Labute approximate surface area is 199 Å². The minimum atomic E-state index is -0.0375. The molecule has 1 aliphatic rings. The van der Waals surface area contributed by atoms with Gasteiger partial charge in [0.05, 0.1) is 12.9 Å². The number of nitrogens with one attached hydrogen (secondary N) is 1. The van der Waals surface area contributed by atoms with E-state index in [2.05, 4.69) is 37.2 Å². The van der Waals surface area contributed by atoms with Gasteiger partial charge < -0.3 is 19.9 Å². The number of thioether (sulfide) groups is 1. The summed E-state index contributed by atoms with van der Waals surface area (Å²) >= 11 is 1.43. The maximum Gasteiger partial charge on any atom is 0.234 e. The number of amides is 1. The van der Waals surface area contributed by atoms with Gasteiger partial charge in [0.25, 0.3) is 0 Å². The number of ether oxygens (including phenoxy) is 1. The van der Waals surface area contributed by atoms with Crippen LogP contribution in [0, 0.1) is 13.8 Å². The lowest BCUT2D eigenvalue weighted by Gasteiger charge is -2.36. The number of hydrogen-bond donors (Lipinski definition) is 1. The van der Waals surface area contributed by atoms with Gasteiger partial charge in [-0.25, -0.2) is 9.97 Å². The Morgan fingerprint density at radius 2 is 1.70 bits per heavy atom. The minimum Gasteiger partial charge on any atom is -0.497 e. The van der Waals surface area contributed by atoms with Crippen molar-refractivity contribution in [1.82, 2.24) is 9.97 Å². The van der Waals surface area contributed by atoms with E-state index < -0.39 is 0 Å². The highest BCUT2D eigenvalue weighted by Gasteiger charge is 2.19. The van der Waals surface area contributed by atoms with E-state index in [-0.39, 0.29) is 5.91 Å². The summed E-state index contributed by atoms with van der Waals surface area (Å²) in [5, 5.41) is 3.83. The molecule has 1 aromatic heterocycles. The topological polar surface area (TPSA) is 70.6 Å². The van der Waals surface area contributed by atoms with E-state index in [4.69, 9.17) is 4.74 Å². The number of anilines is 3. The normalized spacial score (nSPS) is 13.7. The van der Waals surface area contributed by atoms with Crippen LogP contribution in [0.1, 0.15) is 11.1 Å². The van der Waals surface area contributed by atoms with Gasteiger partial charge in [0, 0.05) is 49.7 Å². The highest BCUT2D eigenvalue weighted by atomic mass is 32.2. The van der Waals surface area contributed by atoms with Crippen LogP contribution in [0.4, 0.5) is 17.2 Å². The van der Waals surface area contributed by atoms with E-state index in [1.807, 2.05) is 50.2 Å². The largest absolute Gasteiger partial charge is 0.497 e. The van der Waals surface area contributed by atoms with Crippen molar-refractivity contribution < 1.29 is 9.53 Å². The highest BCUT2D eigenvalue weighted by Crippen LogP contribution is 2.25. The SMILES string of the molecule is COc1cccc(N2CCN(c3cc(SCC(=O)Nc4c(C)cccc4C)ncn3)CC2)c1. The van der Waals surface area contributed by atoms with Crippen LogP contribution in [0.25, 0.3) is 0 Å². The summed E-state index contributed by atoms with van der Waals surface area (Å²) < 4.78 is 5.35. The molecule has 0 radical (unpaired) electrons. The Bertz CT molecular complexity index is 1100. The molecule has 8 heteroatoms. The first-order valence-electron chi connectivity index (χ1n) is 11.0. The zero-order valence-corrected chi connectivity index (χ0v) is 20.1. The molecule has 1 saturated heterocycles. The second-order valence-corrected chi connectivity index (χ2v) is 8.99. The second kappa shape index (κ2) is 10.6. The highest BCUT2D eigenvalue weighted by molar-refractivity contribution is 7.99. The molecule has 1 N–H and O–H groups in total. The third kappa shape index (κ3) is 5.76. The number of hydrogen-bond acceptors (Lipinski definition) is 7. The standard InChI is InChI=1S/C25H29N5O2S/c1-18-6-4-7-19(2)25(18)28-23(31)16-33-24-15-22(26-17-27-24)30-12-10-29(11-13-30)20-8-5-9-21(14-20)32-3/h4-9,14-15,17H,10-13,16H2,1-3H3,(H,28,31). The number of methoxy groups -OCH3 is 1. The molecule has 0 aliphatic carbocycles. The molecule has 1 aliphatic heterocycles. The number of benzene rings is 2. The molecule has 1 amide bonds. The summed E-state index contributed by atoms with van der Waals surface area (Å²) in [4.78, 5) is 25.9. The van der Waals surface area contributed by atoms with Gasteiger partial charge in [-0.1, -0.05) is 36.0 Å². The maximum absolute atomic E-state index is 12.5. The van der Waals surface area contributed by atoms with E-state index in [1.165, 1.54) is 17.4 Å². The van der Waals surface area contributed by atoms with Gasteiger partial charge in [0.1, 0.15) is 22.9 Å². The molecule has 172 valence electrons. The number of para-hydroxylation sites is 1. The molecular weight excluding hydrogens is 434 g/mol. The Balaban J connectivity index is 1.32. The van der Waals surface area contributed by atoms with E-state index in [0.29, 0.717) is 5.75 Å². The van der Waals surface area contributed by atoms with Gasteiger partial charge in [-0.15, -0.1) is 0 Å². The predicted molar refractivity (Wildman–Crippen MR) is 135 cm³/mol. The van der Waals surface area contributed by atoms with Crippen molar-refractivity contribution in [3.8, 4) is 5.75 Å². The lowest BCUT2D eigenvalue weighted by atomic mass is 10.1. The van der Waals surface area contributed by atoms with Gasteiger partial charge in [-0.2, -0.15) is 0 Å². The number of aryl methyl sites for hydroxylation is 2. The summed E-state index contributed by atoms with van der Waals surface area (Å²) in [5.74, 6) is 2.03. The maximum atomic E-state index is 12.5. The molecule has 2 aromatic carbocycles. The molecule has 0 atom stereocenters. The number of piperazine rings is 1. The number of nitrogens with zero attached hydrogens (tertiary/aromatic N) is 4. The van der Waals surface area contributed by atoms with Crippen molar-refractivity contribution in [2.75, 3.05) is 54.2 Å². The first-order chi connectivity index (χ1) is 16.0. The van der Waals surface area contributed by atoms with Gasteiger partial charge in [0.2, 0.25) is 5.91 Å². The molecule has 3 aromatic rings. The van der Waals surface area contributed by atoms with Crippen LogP contribution in [0.2, 0.25) is 0 Å². The van der Waals surface area contributed by atoms with Crippen LogP contribution in [0.5, 0.6) is 5.75 Å². The van der Waals surface area contributed by atoms with Crippen LogP contribution in [-0.4, -0.2) is 54.9 Å². The summed E-state index contributed by atoms with van der Waals surface area (Å²) in [7, 11) is 1.69. The van der Waals surface area contributed by atoms with Crippen molar-refractivity contribution in [2.45, 2.75) is 18.9 Å². The van der Waals surface area contributed by atoms with Crippen LogP contribution in [0.3, 0.4) is 0 Å². The Kier molecular flexibility index (Phi) is 7.34. The minimum absolute atomic E-state index is 0.0375. The van der Waals surface area contributed by atoms with Crippen molar-refractivity contribution in [3.63, 3.8) is 0 Å². The second-order valence-electron chi connectivity index (χ2n) is 7.99. The Morgan fingerprint density at radius 1 is 1.00 bits per heavy atom. The lowest BCUT2D eigenvalue weighted by molar-refractivity contribution is -0.113. The molecule has 1 fully saturated rings. The van der Waals surface area contributed by atoms with Crippen molar-refractivity contribution >= 4 is 34.9 Å². The Hall–Kier alpha value is -3.26. The molecule has 33 heavy (non-hydrogen) atoms. The fraction of sp³-hybridized carbons (Fsp3) is 0.320. The Morgan fingerprint density at radius 3 is 2.42 bits per heavy atom. The molecule has 0 unspecified atom stereocenters. The fourth-order valence-corrected chi connectivity index (χ4v) is 4.57. The van der Waals surface area contributed by atoms with Crippen LogP contribution in [-0.2, 0) is 4.79 Å². The third-order valence-electron chi connectivity index (χ3n) is 5.75. The molecule has 2 heterocycles. The molecule has 4 rings (SSSR count). The van der Waals surface area contributed by atoms with Crippen LogP contribution in [0.15, 0.2) is 59.9 Å². The number of carbonyl (C=O) groups is 1. The average Bonchev–Trinajstić information content (AvgIpc) is 2.85. The molecular formula is C25H29N5O2S. The van der Waals surface area contributed by atoms with E-state index in [1.54, 1.807) is 13.4 Å². The zero-order chi connectivity index (χ0) is 23.2. The van der Waals surface area contributed by atoms with Crippen molar-refractivity contribution in [1.29, 1.82) is 0 Å². The van der Waals surface area contributed by atoms with Gasteiger partial charge >= 0.3 is 0 Å². The smallest absolute Gasteiger partial charge is 0.234 e. The van der Waals surface area contributed by atoms with E-state index in [9.17, 15) is 4.79 Å². The van der Waals surface area contributed by atoms with Gasteiger partial charge in [-0.3, -0.25) is 4.79 Å². The summed E-state index contributed by atoms with van der Waals surface area (Å²) in [5.41, 5.74) is 4.18. The monoisotopic (exact) mass is 463 g/mol. The average molecular weight is 464 g/mol. The summed E-state index contributed by atoms with van der Waals surface area (Å²) in [6, 6.07) is 16.1. The van der Waals surface area contributed by atoms with Gasteiger partial charge in [-0.05, 0) is 37.1 Å². The molecule has 7 nitrogen and oxygen atoms in total. The van der Waals surface area contributed by atoms with Crippen molar-refractivity contribution in [2.24, 2.45) is 0 Å². The predicted octanol–water partition coefficient (Wildman–Crippen LogP) is 4.16. The van der Waals surface area contributed by atoms with E-state index in [0.717, 1.165) is 59.6 Å². The summed E-state index contributed by atoms with van der Waals surface area (Å²) in [6.07, 6.45) is 1.58. The molecule has 0 spiro atoms. The number of carbonyl (C=O) groups excluding carboxylic acids is 1. The van der Waals surface area contributed by atoms with Crippen LogP contribution >= 0.6 is 11.8 Å². The van der Waals surface area contributed by atoms with E-state index >= 15 is 0 Å². The summed E-state index contributed by atoms with van der Waals surface area (Å²) in [6.45, 7) is 7.54. The first-order valence-corrected chi connectivity index (χ1v) is 12.0. The molecule has 0 saturated carbocycles. The van der Waals surface area contributed by atoms with Crippen LogP contribution < -0.4 is 19.9 Å². The zero-order valence-electron chi connectivity index (χ0n) is 19.2. The van der Waals surface area contributed by atoms with Crippen molar-refractivity contribution in [3.05, 3.63) is 66.0 Å². The number of aromatic nitrogens is 2. The fourth-order valence-electron chi connectivity index (χ4n) is 3.91.